The molecule has 9 heteroatoms. The van der Waals surface area contributed by atoms with E-state index >= 15 is 0 Å². The van der Waals surface area contributed by atoms with Crippen molar-refractivity contribution < 1.29 is 22.8 Å². The van der Waals surface area contributed by atoms with Gasteiger partial charge in [0.1, 0.15) is 24.8 Å². The second-order valence-electron chi connectivity index (χ2n) is 6.55. The molecule has 1 fully saturated rings. The Morgan fingerprint density at radius 3 is 2.67 bits per heavy atom. The van der Waals surface area contributed by atoms with Crippen molar-refractivity contribution in [3.8, 4) is 0 Å². The summed E-state index contributed by atoms with van der Waals surface area (Å²) in [6.45, 7) is 2.64. The van der Waals surface area contributed by atoms with Crippen LogP contribution in [0.3, 0.4) is 0 Å². The van der Waals surface area contributed by atoms with E-state index in [0.29, 0.717) is 11.3 Å². The first-order valence-electron chi connectivity index (χ1n) is 9.28. The van der Waals surface area contributed by atoms with Crippen molar-refractivity contribution in [3.63, 3.8) is 0 Å². The standard InChI is InChI=1S/C21H22F3N3O2S/c1-14(15-7-5-8-17(12-15)21(22,23)24)26-29-13-16-6-3-4-9-18(16)19(27-28-2)20-25-10-11-30-20/h3-9,12,20,25H,10-11,13H2,1-2H3. The van der Waals surface area contributed by atoms with Crippen LogP contribution in [-0.4, -0.2) is 36.2 Å². The lowest BCUT2D eigenvalue weighted by Crippen LogP contribution is -2.30. The minimum absolute atomic E-state index is 0.0152. The lowest BCUT2D eigenvalue weighted by atomic mass is 10.0. The van der Waals surface area contributed by atoms with Gasteiger partial charge in [0, 0.05) is 23.4 Å². The summed E-state index contributed by atoms with van der Waals surface area (Å²) in [5.74, 6) is 0.979. The average Bonchev–Trinajstić information content (AvgIpc) is 3.26. The molecule has 0 radical (unpaired) electrons. The summed E-state index contributed by atoms with van der Waals surface area (Å²) in [5, 5.41) is 11.6. The molecular formula is C21H22F3N3O2S. The number of benzene rings is 2. The first-order chi connectivity index (χ1) is 14.4. The van der Waals surface area contributed by atoms with Gasteiger partial charge in [0.05, 0.1) is 11.3 Å². The zero-order valence-corrected chi connectivity index (χ0v) is 17.4. The van der Waals surface area contributed by atoms with Crippen LogP contribution in [0.5, 0.6) is 0 Å². The van der Waals surface area contributed by atoms with Crippen LogP contribution in [0.2, 0.25) is 0 Å². The molecule has 5 nitrogen and oxygen atoms in total. The van der Waals surface area contributed by atoms with Crippen molar-refractivity contribution in [1.82, 2.24) is 5.32 Å². The van der Waals surface area contributed by atoms with Crippen LogP contribution in [0, 0.1) is 0 Å². The predicted octanol–water partition coefficient (Wildman–Crippen LogP) is 4.66. The highest BCUT2D eigenvalue weighted by molar-refractivity contribution is 8.00. The van der Waals surface area contributed by atoms with Gasteiger partial charge in [0.15, 0.2) is 0 Å². The summed E-state index contributed by atoms with van der Waals surface area (Å²) >= 11 is 1.74. The Kier molecular flexibility index (Phi) is 7.38. The highest BCUT2D eigenvalue weighted by Gasteiger charge is 2.30. The van der Waals surface area contributed by atoms with Crippen molar-refractivity contribution in [1.29, 1.82) is 0 Å². The Bertz CT molecular complexity index is 926. The van der Waals surface area contributed by atoms with Crippen molar-refractivity contribution >= 4 is 23.2 Å². The lowest BCUT2D eigenvalue weighted by Gasteiger charge is -2.16. The second-order valence-corrected chi connectivity index (χ2v) is 7.76. The van der Waals surface area contributed by atoms with Crippen LogP contribution in [0.4, 0.5) is 13.2 Å². The molecule has 1 unspecified atom stereocenters. The molecule has 0 saturated carbocycles. The van der Waals surface area contributed by atoms with Crippen LogP contribution in [-0.2, 0) is 22.5 Å². The molecule has 0 bridgehead atoms. The van der Waals surface area contributed by atoms with Gasteiger partial charge in [0.25, 0.3) is 0 Å². The van der Waals surface area contributed by atoms with Crippen molar-refractivity contribution in [3.05, 3.63) is 70.8 Å². The van der Waals surface area contributed by atoms with Gasteiger partial charge < -0.3 is 9.68 Å². The molecular weight excluding hydrogens is 415 g/mol. The predicted molar refractivity (Wildman–Crippen MR) is 113 cm³/mol. The fourth-order valence-electron chi connectivity index (χ4n) is 3.01. The fraction of sp³-hybridized carbons (Fsp3) is 0.333. The maximum atomic E-state index is 12.9. The van der Waals surface area contributed by atoms with Gasteiger partial charge in [-0.15, -0.1) is 11.8 Å². The molecule has 0 aliphatic carbocycles. The molecule has 160 valence electrons. The quantitative estimate of drug-likeness (QED) is 0.506. The summed E-state index contributed by atoms with van der Waals surface area (Å²) in [6, 6.07) is 12.6. The number of nitrogens with one attached hydrogen (secondary N) is 1. The van der Waals surface area contributed by atoms with Gasteiger partial charge in [-0.2, -0.15) is 13.2 Å². The van der Waals surface area contributed by atoms with E-state index in [9.17, 15) is 13.2 Å². The summed E-state index contributed by atoms with van der Waals surface area (Å²) in [6.07, 6.45) is -4.40. The average molecular weight is 437 g/mol. The van der Waals surface area contributed by atoms with E-state index in [0.717, 1.165) is 41.3 Å². The van der Waals surface area contributed by atoms with Crippen LogP contribution in [0.25, 0.3) is 0 Å². The molecule has 1 heterocycles. The van der Waals surface area contributed by atoms with Gasteiger partial charge in [-0.3, -0.25) is 5.32 Å². The van der Waals surface area contributed by atoms with E-state index in [1.54, 1.807) is 24.8 Å². The normalized spacial score (nSPS) is 17.8. The summed E-state index contributed by atoms with van der Waals surface area (Å²) in [5.41, 5.74) is 2.48. The van der Waals surface area contributed by atoms with Gasteiger partial charge >= 0.3 is 6.18 Å². The number of nitrogens with zero attached hydrogens (tertiary/aromatic N) is 2. The van der Waals surface area contributed by atoms with Crippen LogP contribution >= 0.6 is 11.8 Å². The van der Waals surface area contributed by atoms with Crippen molar-refractivity contribution in [2.45, 2.75) is 25.1 Å². The molecule has 1 N–H and O–H groups in total. The number of oxime groups is 2. The molecule has 1 atom stereocenters. The lowest BCUT2D eigenvalue weighted by molar-refractivity contribution is -0.137. The minimum Gasteiger partial charge on any atom is -0.399 e. The van der Waals surface area contributed by atoms with Crippen LogP contribution in [0.1, 0.15) is 29.2 Å². The van der Waals surface area contributed by atoms with E-state index in [2.05, 4.69) is 15.6 Å². The van der Waals surface area contributed by atoms with E-state index in [1.165, 1.54) is 13.2 Å². The van der Waals surface area contributed by atoms with Gasteiger partial charge in [-0.05, 0) is 24.6 Å². The van der Waals surface area contributed by atoms with Gasteiger partial charge in [-0.1, -0.05) is 46.7 Å². The summed E-state index contributed by atoms with van der Waals surface area (Å²) in [4.78, 5) is 10.5. The monoisotopic (exact) mass is 437 g/mol. The second kappa shape index (κ2) is 9.99. The molecule has 1 aliphatic heterocycles. The summed E-state index contributed by atoms with van der Waals surface area (Å²) < 4.78 is 38.7. The maximum Gasteiger partial charge on any atom is 0.416 e. The molecule has 0 aromatic heterocycles. The van der Waals surface area contributed by atoms with Crippen molar-refractivity contribution in [2.24, 2.45) is 10.3 Å². The third-order valence-electron chi connectivity index (χ3n) is 4.48. The molecule has 2 aromatic carbocycles. The molecule has 2 aromatic rings. The minimum atomic E-state index is -4.40. The molecule has 1 saturated heterocycles. The molecule has 0 spiro atoms. The van der Waals surface area contributed by atoms with E-state index in [-0.39, 0.29) is 12.0 Å². The van der Waals surface area contributed by atoms with Crippen molar-refractivity contribution in [2.75, 3.05) is 19.4 Å². The van der Waals surface area contributed by atoms with E-state index < -0.39 is 11.7 Å². The van der Waals surface area contributed by atoms with E-state index in [4.69, 9.17) is 9.68 Å². The molecule has 1 aliphatic rings. The molecule has 30 heavy (non-hydrogen) atoms. The smallest absolute Gasteiger partial charge is 0.399 e. The number of alkyl halides is 3. The number of halogens is 3. The third-order valence-corrected chi connectivity index (χ3v) is 5.64. The zero-order valence-electron chi connectivity index (χ0n) is 16.6. The number of hydrogen-bond donors (Lipinski definition) is 1. The van der Waals surface area contributed by atoms with Gasteiger partial charge in [0.2, 0.25) is 0 Å². The first kappa shape index (κ1) is 22.2. The number of thioether (sulfide) groups is 1. The maximum absolute atomic E-state index is 12.9. The Morgan fingerprint density at radius 2 is 1.97 bits per heavy atom. The zero-order chi connectivity index (χ0) is 21.6. The largest absolute Gasteiger partial charge is 0.416 e. The fourth-order valence-corrected chi connectivity index (χ4v) is 4.04. The van der Waals surface area contributed by atoms with Gasteiger partial charge in [-0.25, -0.2) is 0 Å². The number of hydrogen-bond acceptors (Lipinski definition) is 6. The Labute approximate surface area is 177 Å². The molecule has 0 amide bonds. The Balaban J connectivity index is 1.76. The Hall–Kier alpha value is -2.52. The Morgan fingerprint density at radius 1 is 1.17 bits per heavy atom. The topological polar surface area (TPSA) is 55.2 Å². The van der Waals surface area contributed by atoms with Crippen LogP contribution < -0.4 is 5.32 Å². The van der Waals surface area contributed by atoms with Crippen LogP contribution in [0.15, 0.2) is 58.8 Å². The molecule has 3 rings (SSSR count). The number of rotatable bonds is 7. The first-order valence-corrected chi connectivity index (χ1v) is 10.3. The van der Waals surface area contributed by atoms with E-state index in [1.807, 2.05) is 24.3 Å². The SMILES string of the molecule is CON=C(c1ccccc1CON=C(C)c1cccc(C(F)(F)F)c1)C1NCCS1. The highest BCUT2D eigenvalue weighted by atomic mass is 32.2. The summed E-state index contributed by atoms with van der Waals surface area (Å²) in [7, 11) is 1.50. The third kappa shape index (κ3) is 5.54. The highest BCUT2D eigenvalue weighted by Crippen LogP contribution is 2.29.